The lowest BCUT2D eigenvalue weighted by atomic mass is 10.1. The molecule has 1 rings (SSSR count). The van der Waals surface area contributed by atoms with E-state index in [2.05, 4.69) is 10.0 Å². The summed E-state index contributed by atoms with van der Waals surface area (Å²) in [5.74, 6) is -1.08. The minimum absolute atomic E-state index is 0.0553. The Morgan fingerprint density at radius 1 is 1.62 bits per heavy atom. The van der Waals surface area contributed by atoms with Crippen molar-refractivity contribution in [1.29, 1.82) is 0 Å². The monoisotopic (exact) mass is 218 g/mol. The standard InChI is InChI=1S/C10H10N4O2/c11-8-5-1-3-7(9(8)10(15)16)4-2-6-13-14-12/h1-5H,6,11H2,(H,15,16). The van der Waals surface area contributed by atoms with Crippen molar-refractivity contribution in [3.05, 3.63) is 45.8 Å². The molecule has 0 unspecified atom stereocenters. The van der Waals surface area contributed by atoms with E-state index in [0.29, 0.717) is 5.56 Å². The number of nitrogen functional groups attached to an aromatic ring is 1. The van der Waals surface area contributed by atoms with Crippen molar-refractivity contribution in [2.45, 2.75) is 0 Å². The van der Waals surface area contributed by atoms with Crippen LogP contribution in [0.1, 0.15) is 15.9 Å². The van der Waals surface area contributed by atoms with Crippen LogP contribution in [0.4, 0.5) is 5.69 Å². The van der Waals surface area contributed by atoms with E-state index in [9.17, 15) is 4.79 Å². The molecule has 0 aliphatic carbocycles. The van der Waals surface area contributed by atoms with E-state index in [4.69, 9.17) is 16.4 Å². The average Bonchev–Trinajstić information content (AvgIpc) is 2.24. The second-order valence-electron chi connectivity index (χ2n) is 2.93. The number of rotatable bonds is 4. The van der Waals surface area contributed by atoms with Gasteiger partial charge in [-0.1, -0.05) is 29.4 Å². The molecule has 3 N–H and O–H groups in total. The summed E-state index contributed by atoms with van der Waals surface area (Å²) in [5.41, 5.74) is 14.4. The maximum Gasteiger partial charge on any atom is 0.338 e. The topological polar surface area (TPSA) is 112 Å². The molecular weight excluding hydrogens is 208 g/mol. The molecule has 0 saturated heterocycles. The lowest BCUT2D eigenvalue weighted by molar-refractivity contribution is 0.0698. The molecule has 0 spiro atoms. The normalized spacial score (nSPS) is 10.0. The molecule has 0 saturated carbocycles. The third-order valence-corrected chi connectivity index (χ3v) is 1.89. The summed E-state index contributed by atoms with van der Waals surface area (Å²) in [7, 11) is 0. The van der Waals surface area contributed by atoms with Crippen LogP contribution in [-0.2, 0) is 0 Å². The quantitative estimate of drug-likeness (QED) is 0.350. The Morgan fingerprint density at radius 3 is 3.00 bits per heavy atom. The van der Waals surface area contributed by atoms with Gasteiger partial charge in [-0.25, -0.2) is 4.79 Å². The molecule has 0 fully saturated rings. The van der Waals surface area contributed by atoms with Crippen molar-refractivity contribution >= 4 is 17.7 Å². The van der Waals surface area contributed by atoms with Crippen LogP contribution < -0.4 is 5.73 Å². The van der Waals surface area contributed by atoms with Gasteiger partial charge in [0.2, 0.25) is 0 Å². The third kappa shape index (κ3) is 2.76. The van der Waals surface area contributed by atoms with Crippen molar-refractivity contribution in [2.75, 3.05) is 12.3 Å². The van der Waals surface area contributed by atoms with Crippen LogP contribution in [0.15, 0.2) is 29.4 Å². The van der Waals surface area contributed by atoms with Gasteiger partial charge >= 0.3 is 5.97 Å². The Kier molecular flexibility index (Phi) is 3.94. The number of hydrogen-bond donors (Lipinski definition) is 2. The van der Waals surface area contributed by atoms with Gasteiger partial charge in [-0.05, 0) is 17.2 Å². The van der Waals surface area contributed by atoms with Crippen LogP contribution in [0, 0.1) is 0 Å². The number of nitrogens with two attached hydrogens (primary N) is 1. The lowest BCUT2D eigenvalue weighted by Gasteiger charge is -2.03. The van der Waals surface area contributed by atoms with Crippen LogP contribution in [0.2, 0.25) is 0 Å². The number of aromatic carboxylic acids is 1. The maximum atomic E-state index is 10.9. The maximum absolute atomic E-state index is 10.9. The van der Waals surface area contributed by atoms with Gasteiger partial charge in [0.1, 0.15) is 0 Å². The summed E-state index contributed by atoms with van der Waals surface area (Å²) >= 11 is 0. The Morgan fingerprint density at radius 2 is 2.38 bits per heavy atom. The second-order valence-corrected chi connectivity index (χ2v) is 2.93. The molecule has 6 heteroatoms. The highest BCUT2D eigenvalue weighted by Crippen LogP contribution is 2.18. The fourth-order valence-electron chi connectivity index (χ4n) is 1.24. The molecule has 1 aromatic carbocycles. The third-order valence-electron chi connectivity index (χ3n) is 1.89. The van der Waals surface area contributed by atoms with Gasteiger partial charge in [0, 0.05) is 17.1 Å². The zero-order valence-corrected chi connectivity index (χ0v) is 8.37. The average molecular weight is 218 g/mol. The molecule has 0 atom stereocenters. The van der Waals surface area contributed by atoms with Crippen molar-refractivity contribution in [1.82, 2.24) is 0 Å². The highest BCUT2D eigenvalue weighted by molar-refractivity contribution is 5.97. The van der Waals surface area contributed by atoms with Crippen LogP contribution in [0.5, 0.6) is 0 Å². The largest absolute Gasteiger partial charge is 0.478 e. The zero-order chi connectivity index (χ0) is 12.0. The first-order valence-corrected chi connectivity index (χ1v) is 4.46. The summed E-state index contributed by atoms with van der Waals surface area (Å²) in [6.07, 6.45) is 3.13. The number of azide groups is 1. The number of anilines is 1. The first kappa shape index (κ1) is 11.6. The van der Waals surface area contributed by atoms with E-state index < -0.39 is 5.97 Å². The molecular formula is C10H10N4O2. The molecule has 0 aromatic heterocycles. The summed E-state index contributed by atoms with van der Waals surface area (Å²) < 4.78 is 0. The van der Waals surface area contributed by atoms with Crippen LogP contribution >= 0.6 is 0 Å². The number of carboxylic acids is 1. The lowest BCUT2D eigenvalue weighted by Crippen LogP contribution is -2.04. The van der Waals surface area contributed by atoms with Gasteiger partial charge in [0.05, 0.1) is 5.56 Å². The highest BCUT2D eigenvalue weighted by Gasteiger charge is 2.10. The Labute approximate surface area is 91.6 Å². The van der Waals surface area contributed by atoms with Gasteiger partial charge in [-0.3, -0.25) is 0 Å². The molecule has 0 heterocycles. The first-order valence-electron chi connectivity index (χ1n) is 4.46. The fourth-order valence-corrected chi connectivity index (χ4v) is 1.24. The fraction of sp³-hybridized carbons (Fsp3) is 0.100. The smallest absolute Gasteiger partial charge is 0.338 e. The zero-order valence-electron chi connectivity index (χ0n) is 8.37. The predicted molar refractivity (Wildman–Crippen MR) is 60.9 cm³/mol. The number of carbonyl (C=O) groups is 1. The van der Waals surface area contributed by atoms with Gasteiger partial charge < -0.3 is 10.8 Å². The number of benzene rings is 1. The molecule has 0 amide bonds. The van der Waals surface area contributed by atoms with Gasteiger partial charge in [0.15, 0.2) is 0 Å². The summed E-state index contributed by atoms with van der Waals surface area (Å²) in [6.45, 7) is 0.171. The van der Waals surface area contributed by atoms with Crippen molar-refractivity contribution < 1.29 is 9.90 Å². The molecule has 6 nitrogen and oxygen atoms in total. The summed E-state index contributed by atoms with van der Waals surface area (Å²) in [5, 5.41) is 12.3. The van der Waals surface area contributed by atoms with E-state index in [0.717, 1.165) is 0 Å². The molecule has 0 aliphatic heterocycles. The molecule has 82 valence electrons. The SMILES string of the molecule is [N-]=[N+]=NCC=Cc1cccc(N)c1C(=O)O. The van der Waals surface area contributed by atoms with Gasteiger partial charge in [-0.2, -0.15) is 0 Å². The minimum atomic E-state index is -1.08. The number of carboxylic acid groups (broad SMARTS) is 1. The van der Waals surface area contributed by atoms with E-state index in [1.807, 2.05) is 0 Å². The van der Waals surface area contributed by atoms with Gasteiger partial charge in [0.25, 0.3) is 0 Å². The summed E-state index contributed by atoms with van der Waals surface area (Å²) in [6, 6.07) is 4.82. The highest BCUT2D eigenvalue weighted by atomic mass is 16.4. The van der Waals surface area contributed by atoms with E-state index >= 15 is 0 Å². The second kappa shape index (κ2) is 5.43. The Balaban J connectivity index is 3.04. The van der Waals surface area contributed by atoms with E-state index in [1.165, 1.54) is 6.07 Å². The van der Waals surface area contributed by atoms with Crippen molar-refractivity contribution in [3.63, 3.8) is 0 Å². The van der Waals surface area contributed by atoms with Gasteiger partial charge in [-0.15, -0.1) is 0 Å². The minimum Gasteiger partial charge on any atom is -0.478 e. The predicted octanol–water partition coefficient (Wildman–Crippen LogP) is 2.29. The summed E-state index contributed by atoms with van der Waals surface area (Å²) in [4.78, 5) is 13.5. The van der Waals surface area contributed by atoms with Crippen LogP contribution in [0.25, 0.3) is 16.5 Å². The first-order chi connectivity index (χ1) is 7.66. The Hall–Kier alpha value is -2.46. The van der Waals surface area contributed by atoms with Crippen LogP contribution in [0.3, 0.4) is 0 Å². The van der Waals surface area contributed by atoms with E-state index in [1.54, 1.807) is 24.3 Å². The molecule has 0 radical (unpaired) electrons. The number of hydrogen-bond acceptors (Lipinski definition) is 3. The molecule has 1 aromatic rings. The van der Waals surface area contributed by atoms with Crippen molar-refractivity contribution in [3.8, 4) is 0 Å². The molecule has 16 heavy (non-hydrogen) atoms. The van der Waals surface area contributed by atoms with Crippen molar-refractivity contribution in [2.24, 2.45) is 5.11 Å². The van der Waals surface area contributed by atoms with Crippen LogP contribution in [-0.4, -0.2) is 17.6 Å². The van der Waals surface area contributed by atoms with E-state index in [-0.39, 0.29) is 17.8 Å². The number of nitrogens with zero attached hydrogens (tertiary/aromatic N) is 3. The molecule has 0 bridgehead atoms. The Bertz CT molecular complexity index is 476. The molecule has 0 aliphatic rings.